The smallest absolute Gasteiger partial charge is 0.422 e. The third-order valence-corrected chi connectivity index (χ3v) is 0.509. The summed E-state index contributed by atoms with van der Waals surface area (Å²) >= 11 is 0. The Bertz CT molecular complexity index is 78.4. The molecule has 0 aliphatic rings. The van der Waals surface area contributed by atoms with E-state index in [0.717, 1.165) is 0 Å². The zero-order chi connectivity index (χ0) is 6.73. The Labute approximate surface area is 45.9 Å². The zero-order valence-corrected chi connectivity index (χ0v) is 3.85. The van der Waals surface area contributed by atoms with Gasteiger partial charge >= 0.3 is 14.2 Å². The van der Waals surface area contributed by atoms with Crippen LogP contribution in [0.1, 0.15) is 0 Å². The van der Waals surface area contributed by atoms with Crippen LogP contribution in [0.5, 0.6) is 0 Å². The molecule has 8 heavy (non-hydrogen) atoms. The molecule has 0 aromatic rings. The second-order valence-electron chi connectivity index (χ2n) is 1.15. The first-order chi connectivity index (χ1) is 3.55. The maximum atomic E-state index is 9.84. The van der Waals surface area contributed by atoms with E-state index < -0.39 is 19.8 Å². The lowest BCUT2D eigenvalue weighted by Gasteiger charge is -1.92. The zero-order valence-electron chi connectivity index (χ0n) is 3.85. The lowest BCUT2D eigenvalue weighted by atomic mass is 9.63. The van der Waals surface area contributed by atoms with Crippen LogP contribution in [0.15, 0.2) is 0 Å². The molecule has 0 saturated carbocycles. The SMILES string of the molecule is O=C(B(O)O)B(O)O. The molecular formula is CH4B2O5. The standard InChI is InChI=1S/CH4B2O5/c4-1(2(5)6)3(7)8/h5-8H. The van der Waals surface area contributed by atoms with Gasteiger partial charge in [0.25, 0.3) is 0 Å². The largest absolute Gasteiger partial charge is 0.522 e. The Morgan fingerprint density at radius 1 is 1.00 bits per heavy atom. The minimum Gasteiger partial charge on any atom is -0.422 e. The van der Waals surface area contributed by atoms with Crippen LogP contribution < -0.4 is 0 Å². The van der Waals surface area contributed by atoms with E-state index in [9.17, 15) is 4.79 Å². The minimum absolute atomic E-state index is 1.43. The third-order valence-electron chi connectivity index (χ3n) is 0.509. The monoisotopic (exact) mass is 118 g/mol. The van der Waals surface area contributed by atoms with E-state index in [1.54, 1.807) is 0 Å². The lowest BCUT2D eigenvalue weighted by molar-refractivity contribution is 0.255. The molecule has 0 fully saturated rings. The van der Waals surface area contributed by atoms with Gasteiger partial charge in [0, 0.05) is 0 Å². The van der Waals surface area contributed by atoms with E-state index in [1.165, 1.54) is 0 Å². The Hall–Kier alpha value is -0.360. The first kappa shape index (κ1) is 7.64. The summed E-state index contributed by atoms with van der Waals surface area (Å²) in [4.78, 5) is 9.84. The van der Waals surface area contributed by atoms with Crippen molar-refractivity contribution in [3.05, 3.63) is 0 Å². The predicted octanol–water partition coefficient (Wildman–Crippen LogP) is -2.78. The van der Waals surface area contributed by atoms with Gasteiger partial charge in [0.2, 0.25) is 0 Å². The van der Waals surface area contributed by atoms with Gasteiger partial charge in [-0.25, -0.2) is 0 Å². The second-order valence-corrected chi connectivity index (χ2v) is 1.15. The fourth-order valence-corrected chi connectivity index (χ4v) is 0.133. The fourth-order valence-electron chi connectivity index (χ4n) is 0.133. The van der Waals surface area contributed by atoms with Crippen molar-refractivity contribution in [2.45, 2.75) is 0 Å². The van der Waals surface area contributed by atoms with Gasteiger partial charge in [-0.2, -0.15) is 0 Å². The first-order valence-corrected chi connectivity index (χ1v) is 1.81. The number of carbonyl (C=O) groups excluding carboxylic acids is 1. The average molecular weight is 118 g/mol. The van der Waals surface area contributed by atoms with Gasteiger partial charge in [-0.1, -0.05) is 0 Å². The average Bonchev–Trinajstić information content (AvgIpc) is 1.64. The van der Waals surface area contributed by atoms with Crippen molar-refractivity contribution in [2.24, 2.45) is 0 Å². The molecule has 5 nitrogen and oxygen atoms in total. The van der Waals surface area contributed by atoms with E-state index in [1.807, 2.05) is 0 Å². The quantitative estimate of drug-likeness (QED) is 0.294. The molecule has 0 radical (unpaired) electrons. The summed E-state index contributed by atoms with van der Waals surface area (Å²) in [5.41, 5.74) is -1.43. The van der Waals surface area contributed by atoms with Gasteiger partial charge in [-0.3, -0.25) is 0 Å². The first-order valence-electron chi connectivity index (χ1n) is 1.81. The van der Waals surface area contributed by atoms with Gasteiger partial charge in [0.15, 0.2) is 5.58 Å². The summed E-state index contributed by atoms with van der Waals surface area (Å²) in [6.45, 7) is 0. The maximum absolute atomic E-state index is 9.84. The molecule has 4 N–H and O–H groups in total. The van der Waals surface area contributed by atoms with Crippen molar-refractivity contribution in [2.75, 3.05) is 0 Å². The van der Waals surface area contributed by atoms with Crippen LogP contribution in [-0.4, -0.2) is 39.9 Å². The highest BCUT2D eigenvalue weighted by Gasteiger charge is 2.30. The summed E-state index contributed by atoms with van der Waals surface area (Å²) in [6.07, 6.45) is 0. The van der Waals surface area contributed by atoms with Gasteiger partial charge in [-0.15, -0.1) is 0 Å². The molecule has 0 unspecified atom stereocenters. The van der Waals surface area contributed by atoms with Crippen LogP contribution in [0, 0.1) is 0 Å². The maximum Gasteiger partial charge on any atom is 0.522 e. The van der Waals surface area contributed by atoms with E-state index in [0.29, 0.717) is 0 Å². The third kappa shape index (κ3) is 2.08. The molecular weight excluding hydrogens is 114 g/mol. The van der Waals surface area contributed by atoms with E-state index >= 15 is 0 Å². The van der Waals surface area contributed by atoms with Crippen molar-refractivity contribution < 1.29 is 24.9 Å². The van der Waals surface area contributed by atoms with Gasteiger partial charge in [0.1, 0.15) is 0 Å². The normalized spacial score (nSPS) is 8.50. The molecule has 0 bridgehead atoms. The van der Waals surface area contributed by atoms with Crippen LogP contribution >= 0.6 is 0 Å². The highest BCUT2D eigenvalue weighted by atomic mass is 16.4. The van der Waals surface area contributed by atoms with Gasteiger partial charge in [0.05, 0.1) is 0 Å². The number of hydrogen-bond acceptors (Lipinski definition) is 5. The van der Waals surface area contributed by atoms with Crippen LogP contribution in [0.4, 0.5) is 4.79 Å². The number of carbonyl (C=O) groups is 1. The predicted molar refractivity (Wildman–Crippen MR) is 25.8 cm³/mol. The van der Waals surface area contributed by atoms with E-state index in [4.69, 9.17) is 20.1 Å². The van der Waals surface area contributed by atoms with Crippen LogP contribution in [0.2, 0.25) is 0 Å². The van der Waals surface area contributed by atoms with Crippen LogP contribution in [-0.2, 0) is 0 Å². The summed E-state index contributed by atoms with van der Waals surface area (Å²) in [5, 5.41) is 31.5. The molecule has 0 aromatic heterocycles. The Morgan fingerprint density at radius 3 is 1.25 bits per heavy atom. The van der Waals surface area contributed by atoms with Crippen LogP contribution in [0.3, 0.4) is 0 Å². The summed E-state index contributed by atoms with van der Waals surface area (Å²) in [6, 6.07) is 0. The van der Waals surface area contributed by atoms with Crippen molar-refractivity contribution in [1.82, 2.24) is 0 Å². The Morgan fingerprint density at radius 2 is 1.25 bits per heavy atom. The van der Waals surface area contributed by atoms with Crippen molar-refractivity contribution in [1.29, 1.82) is 0 Å². The van der Waals surface area contributed by atoms with Crippen molar-refractivity contribution in [3.8, 4) is 0 Å². The fraction of sp³-hybridized carbons (Fsp3) is 0. The van der Waals surface area contributed by atoms with Crippen LogP contribution in [0.25, 0.3) is 0 Å². The minimum atomic E-state index is -2.30. The summed E-state index contributed by atoms with van der Waals surface area (Å²) in [7, 11) is -4.59. The second kappa shape index (κ2) is 2.83. The van der Waals surface area contributed by atoms with Gasteiger partial charge < -0.3 is 24.9 Å². The molecule has 7 heteroatoms. The molecule has 0 saturated heterocycles. The molecule has 0 aliphatic heterocycles. The summed E-state index contributed by atoms with van der Waals surface area (Å²) < 4.78 is 0. The molecule has 0 amide bonds. The molecule has 0 rings (SSSR count). The highest BCUT2D eigenvalue weighted by Crippen LogP contribution is 1.78. The molecule has 0 heterocycles. The molecule has 44 valence electrons. The van der Waals surface area contributed by atoms with Gasteiger partial charge in [-0.05, 0) is 0 Å². The van der Waals surface area contributed by atoms with E-state index in [-0.39, 0.29) is 0 Å². The number of rotatable bonds is 2. The van der Waals surface area contributed by atoms with Crippen molar-refractivity contribution >= 4 is 19.8 Å². The molecule has 0 aliphatic carbocycles. The highest BCUT2D eigenvalue weighted by molar-refractivity contribution is 7.08. The Balaban J connectivity index is 3.65. The van der Waals surface area contributed by atoms with E-state index in [2.05, 4.69) is 0 Å². The summed E-state index contributed by atoms with van der Waals surface area (Å²) in [5.74, 6) is 0. The van der Waals surface area contributed by atoms with Crippen molar-refractivity contribution in [3.63, 3.8) is 0 Å². The Kier molecular flexibility index (Phi) is 2.70. The molecule has 0 spiro atoms. The molecule has 0 aromatic carbocycles. The number of hydrogen-bond donors (Lipinski definition) is 4. The molecule has 0 atom stereocenters. The topological polar surface area (TPSA) is 98.0 Å². The lowest BCUT2D eigenvalue weighted by Crippen LogP contribution is -2.38.